The normalized spacial score (nSPS) is 20.5. The Bertz CT molecular complexity index is 757. The van der Waals surface area contributed by atoms with E-state index in [1.807, 2.05) is 0 Å². The van der Waals surface area contributed by atoms with Gasteiger partial charge in [0.05, 0.1) is 23.5 Å². The predicted molar refractivity (Wildman–Crippen MR) is 105 cm³/mol. The minimum Gasteiger partial charge on any atom is -0.444 e. The third-order valence-corrected chi connectivity index (χ3v) is 4.98. The van der Waals surface area contributed by atoms with Gasteiger partial charge in [-0.25, -0.2) is 9.18 Å². The largest absolute Gasteiger partial charge is 0.444 e. The van der Waals surface area contributed by atoms with Crippen LogP contribution in [0.4, 0.5) is 9.18 Å². The third kappa shape index (κ3) is 5.47. The Balaban J connectivity index is 2.04. The molecule has 0 spiro atoms. The number of amides is 1. The molecule has 156 valence electrons. The van der Waals surface area contributed by atoms with E-state index in [1.165, 1.54) is 18.2 Å². The lowest BCUT2D eigenvalue weighted by molar-refractivity contribution is 0.00516. The smallest absolute Gasteiger partial charge is 0.410 e. The number of likely N-dealkylation sites (tertiary alicyclic amines) is 1. The van der Waals surface area contributed by atoms with Crippen molar-refractivity contribution in [1.82, 2.24) is 9.88 Å². The summed E-state index contributed by atoms with van der Waals surface area (Å²) in [4.78, 5) is 33.8. The maximum absolute atomic E-state index is 14.7. The zero-order valence-electron chi connectivity index (χ0n) is 16.8. The number of nitrogens with one attached hydrogen (secondary N) is 1. The SMILES string of the molecule is CO/N=C/c1c(C(=O)C[C@@H]2CCN(C(=O)OC(C)(C)C)C[C@@H]2F)[nH]c(C)c1Cl. The Kier molecular flexibility index (Phi) is 7.09. The maximum Gasteiger partial charge on any atom is 0.410 e. The minimum atomic E-state index is -1.31. The highest BCUT2D eigenvalue weighted by Crippen LogP contribution is 2.29. The predicted octanol–water partition coefficient (Wildman–Crippen LogP) is 4.12. The molecule has 2 heterocycles. The highest BCUT2D eigenvalue weighted by Gasteiger charge is 2.35. The number of aromatic nitrogens is 1. The molecule has 28 heavy (non-hydrogen) atoms. The fourth-order valence-electron chi connectivity index (χ4n) is 3.08. The molecule has 9 heteroatoms. The maximum atomic E-state index is 14.7. The number of rotatable bonds is 5. The number of ketones is 1. The molecule has 1 aliphatic heterocycles. The molecule has 1 aromatic rings. The van der Waals surface area contributed by atoms with Crippen molar-refractivity contribution in [3.8, 4) is 0 Å². The molecule has 1 aromatic heterocycles. The number of Topliss-reactive ketones (excluding diaryl/α,β-unsaturated/α-hetero) is 1. The third-order valence-electron chi connectivity index (χ3n) is 4.49. The van der Waals surface area contributed by atoms with E-state index in [0.29, 0.717) is 29.2 Å². The van der Waals surface area contributed by atoms with Crippen LogP contribution in [0, 0.1) is 12.8 Å². The van der Waals surface area contributed by atoms with Gasteiger partial charge in [-0.15, -0.1) is 0 Å². The zero-order valence-corrected chi connectivity index (χ0v) is 17.6. The average molecular weight is 416 g/mol. The first-order chi connectivity index (χ1) is 13.0. The van der Waals surface area contributed by atoms with Crippen LogP contribution in [0.1, 0.15) is 55.4 Å². The molecular weight excluding hydrogens is 389 g/mol. The van der Waals surface area contributed by atoms with Crippen molar-refractivity contribution in [2.24, 2.45) is 11.1 Å². The summed E-state index contributed by atoms with van der Waals surface area (Å²) in [5, 5.41) is 4.04. The van der Waals surface area contributed by atoms with Crippen molar-refractivity contribution in [3.05, 3.63) is 22.0 Å². The van der Waals surface area contributed by atoms with E-state index < -0.39 is 23.8 Å². The quantitative estimate of drug-likeness (QED) is 0.445. The van der Waals surface area contributed by atoms with Crippen molar-refractivity contribution in [3.63, 3.8) is 0 Å². The lowest BCUT2D eigenvalue weighted by Crippen LogP contribution is -2.47. The molecule has 0 aromatic carbocycles. The number of carbonyl (C=O) groups excluding carboxylic acids is 2. The van der Waals surface area contributed by atoms with Gasteiger partial charge in [0.25, 0.3) is 0 Å². The van der Waals surface area contributed by atoms with E-state index in [-0.39, 0.29) is 24.4 Å². The molecule has 0 unspecified atom stereocenters. The van der Waals surface area contributed by atoms with Crippen molar-refractivity contribution < 1.29 is 23.6 Å². The molecule has 1 aliphatic rings. The molecule has 1 saturated heterocycles. The highest BCUT2D eigenvalue weighted by molar-refractivity contribution is 6.34. The number of oxime groups is 1. The van der Waals surface area contributed by atoms with Crippen LogP contribution in [-0.4, -0.2) is 59.9 Å². The van der Waals surface area contributed by atoms with E-state index in [4.69, 9.17) is 16.3 Å². The van der Waals surface area contributed by atoms with Gasteiger partial charge >= 0.3 is 6.09 Å². The number of halogens is 2. The number of nitrogens with zero attached hydrogens (tertiary/aromatic N) is 2. The van der Waals surface area contributed by atoms with E-state index in [0.717, 1.165) is 0 Å². The molecule has 1 fully saturated rings. The Morgan fingerprint density at radius 3 is 2.68 bits per heavy atom. The van der Waals surface area contributed by atoms with Crippen LogP contribution in [0.5, 0.6) is 0 Å². The van der Waals surface area contributed by atoms with Crippen LogP contribution in [0.15, 0.2) is 5.16 Å². The summed E-state index contributed by atoms with van der Waals surface area (Å²) >= 11 is 6.21. The second kappa shape index (κ2) is 8.94. The van der Waals surface area contributed by atoms with Crippen LogP contribution in [0.3, 0.4) is 0 Å². The van der Waals surface area contributed by atoms with Gasteiger partial charge < -0.3 is 19.5 Å². The number of piperidine rings is 1. The molecule has 0 saturated carbocycles. The van der Waals surface area contributed by atoms with Gasteiger partial charge in [0.15, 0.2) is 5.78 Å². The number of aromatic amines is 1. The van der Waals surface area contributed by atoms with E-state index in [2.05, 4.69) is 15.0 Å². The number of alkyl halides is 1. The minimum absolute atomic E-state index is 0.00737. The lowest BCUT2D eigenvalue weighted by atomic mass is 9.89. The summed E-state index contributed by atoms with van der Waals surface area (Å²) in [6.45, 7) is 7.28. The van der Waals surface area contributed by atoms with Crippen molar-refractivity contribution >= 4 is 29.7 Å². The Hall–Kier alpha value is -2.09. The lowest BCUT2D eigenvalue weighted by Gasteiger charge is -2.35. The van der Waals surface area contributed by atoms with Gasteiger partial charge in [0.1, 0.15) is 18.9 Å². The second-order valence-corrected chi connectivity index (χ2v) is 8.27. The molecule has 0 bridgehead atoms. The van der Waals surface area contributed by atoms with Gasteiger partial charge in [-0.05, 0) is 34.1 Å². The van der Waals surface area contributed by atoms with E-state index in [9.17, 15) is 14.0 Å². The molecule has 0 aliphatic carbocycles. The van der Waals surface area contributed by atoms with Crippen LogP contribution >= 0.6 is 11.6 Å². The molecule has 0 radical (unpaired) electrons. The van der Waals surface area contributed by atoms with Crippen LogP contribution in [0.2, 0.25) is 5.02 Å². The average Bonchev–Trinajstić information content (AvgIpc) is 2.88. The number of hydrogen-bond acceptors (Lipinski definition) is 5. The Labute approximate surface area is 169 Å². The van der Waals surface area contributed by atoms with Crippen LogP contribution in [-0.2, 0) is 9.57 Å². The monoisotopic (exact) mass is 415 g/mol. The van der Waals surface area contributed by atoms with Gasteiger partial charge in [-0.1, -0.05) is 16.8 Å². The van der Waals surface area contributed by atoms with E-state index in [1.54, 1.807) is 27.7 Å². The summed E-state index contributed by atoms with van der Waals surface area (Å²) in [5.41, 5.74) is 0.692. The first kappa shape index (κ1) is 22.2. The second-order valence-electron chi connectivity index (χ2n) is 7.89. The topological polar surface area (TPSA) is 84.0 Å². The van der Waals surface area contributed by atoms with Crippen LogP contribution in [0.25, 0.3) is 0 Å². The highest BCUT2D eigenvalue weighted by atomic mass is 35.5. The Morgan fingerprint density at radius 1 is 1.43 bits per heavy atom. The Morgan fingerprint density at radius 2 is 2.11 bits per heavy atom. The fraction of sp³-hybridized carbons (Fsp3) is 0.632. The molecule has 2 rings (SSSR count). The molecule has 7 nitrogen and oxygen atoms in total. The molecule has 1 amide bonds. The molecule has 1 N–H and O–H groups in total. The summed E-state index contributed by atoms with van der Waals surface area (Å²) in [5.74, 6) is -0.744. The summed E-state index contributed by atoms with van der Waals surface area (Å²) in [6.07, 6.45) is -0.108. The fourth-order valence-corrected chi connectivity index (χ4v) is 3.27. The van der Waals surface area contributed by atoms with Gasteiger partial charge in [0.2, 0.25) is 0 Å². The van der Waals surface area contributed by atoms with Crippen molar-refractivity contribution in [1.29, 1.82) is 0 Å². The molecular formula is C19H27ClFN3O4. The number of carbonyl (C=O) groups is 2. The number of hydrogen-bond donors (Lipinski definition) is 1. The molecule has 2 atom stereocenters. The summed E-state index contributed by atoms with van der Waals surface area (Å²) in [6, 6.07) is 0. The van der Waals surface area contributed by atoms with Gasteiger partial charge in [0, 0.05) is 30.1 Å². The standard InChI is InChI=1S/C19H27ClFN3O4/c1-11-16(20)13(9-22-27-5)17(23-11)15(25)8-12-6-7-24(10-14(12)21)18(26)28-19(2,3)4/h9,12,14,23H,6-8,10H2,1-5H3/b22-9+/t12-,14-/m0/s1. The number of H-pyrrole nitrogens is 1. The van der Waals surface area contributed by atoms with E-state index >= 15 is 0 Å². The number of ether oxygens (including phenoxy) is 1. The zero-order chi connectivity index (χ0) is 21.1. The van der Waals surface area contributed by atoms with Crippen LogP contribution < -0.4 is 0 Å². The first-order valence-electron chi connectivity index (χ1n) is 9.13. The van der Waals surface area contributed by atoms with Crippen molar-refractivity contribution in [2.75, 3.05) is 20.2 Å². The first-order valence-corrected chi connectivity index (χ1v) is 9.51. The number of aryl methyl sites for hydroxylation is 1. The van der Waals surface area contributed by atoms with Crippen molar-refractivity contribution in [2.45, 2.75) is 52.3 Å². The summed E-state index contributed by atoms with van der Waals surface area (Å²) < 4.78 is 20.0. The van der Waals surface area contributed by atoms with Gasteiger partial charge in [-0.2, -0.15) is 0 Å². The summed E-state index contributed by atoms with van der Waals surface area (Å²) in [7, 11) is 1.39. The van der Waals surface area contributed by atoms with Gasteiger partial charge in [-0.3, -0.25) is 4.79 Å².